The molecule has 7 nitrogen and oxygen atoms in total. The van der Waals surface area contributed by atoms with Crippen LogP contribution >= 0.6 is 0 Å². The van der Waals surface area contributed by atoms with Crippen molar-refractivity contribution in [1.82, 2.24) is 9.62 Å². The van der Waals surface area contributed by atoms with E-state index in [4.69, 9.17) is 0 Å². The first kappa shape index (κ1) is 22.6. The Hall–Kier alpha value is -2.58. The first-order valence-corrected chi connectivity index (χ1v) is 12.9. The number of carbonyl (C=O) groups is 1. The van der Waals surface area contributed by atoms with Crippen LogP contribution in [-0.4, -0.2) is 58.7 Å². The average molecular weight is 457 g/mol. The van der Waals surface area contributed by atoms with Crippen LogP contribution in [0.2, 0.25) is 0 Å². The third-order valence-electron chi connectivity index (χ3n) is 6.46. The number of rotatable bonds is 4. The summed E-state index contributed by atoms with van der Waals surface area (Å²) in [5.74, 6) is -0.610. The van der Waals surface area contributed by atoms with Gasteiger partial charge >= 0.3 is 0 Å². The number of anilines is 2. The molecule has 0 saturated carbocycles. The van der Waals surface area contributed by atoms with Crippen LogP contribution in [0.4, 0.5) is 11.4 Å². The molecule has 2 aromatic carbocycles. The molecule has 0 bridgehead atoms. The molecule has 4 rings (SSSR count). The Morgan fingerprint density at radius 1 is 1.09 bits per heavy atom. The molecule has 8 heteroatoms. The number of benzene rings is 2. The van der Waals surface area contributed by atoms with Gasteiger partial charge in [0.15, 0.2) is 0 Å². The summed E-state index contributed by atoms with van der Waals surface area (Å²) < 4.78 is 25.3. The van der Waals surface area contributed by atoms with Crippen LogP contribution in [0, 0.1) is 5.41 Å². The minimum absolute atomic E-state index is 0.0189. The Morgan fingerprint density at radius 2 is 1.78 bits per heavy atom. The number of piperazine rings is 1. The lowest BCUT2D eigenvalue weighted by atomic mass is 9.72. The number of hydrogen-bond acceptors (Lipinski definition) is 6. The smallest absolute Gasteiger partial charge is 0.266 e. The predicted molar refractivity (Wildman–Crippen MR) is 129 cm³/mol. The molecule has 2 N–H and O–H groups in total. The lowest BCUT2D eigenvalue weighted by molar-refractivity contribution is 0.0982. The van der Waals surface area contributed by atoms with E-state index in [9.17, 15) is 13.2 Å². The molecule has 0 aromatic heterocycles. The van der Waals surface area contributed by atoms with Crippen LogP contribution in [0.15, 0.2) is 42.5 Å². The van der Waals surface area contributed by atoms with Gasteiger partial charge in [-0.15, -0.1) is 0 Å². The van der Waals surface area contributed by atoms with Gasteiger partial charge in [-0.05, 0) is 48.2 Å². The van der Waals surface area contributed by atoms with E-state index in [2.05, 4.69) is 65.0 Å². The highest BCUT2D eigenvalue weighted by atomic mass is 32.2. The van der Waals surface area contributed by atoms with E-state index in [1.807, 2.05) is 12.1 Å². The first-order chi connectivity index (χ1) is 15.0. The van der Waals surface area contributed by atoms with Gasteiger partial charge in [0, 0.05) is 31.9 Å². The quantitative estimate of drug-likeness (QED) is 0.736. The number of likely N-dealkylation sites (N-methyl/N-ethyl adjacent to an activating group) is 1. The molecule has 2 aliphatic heterocycles. The van der Waals surface area contributed by atoms with E-state index in [1.54, 1.807) is 6.07 Å². The largest absolute Gasteiger partial charge is 0.377 e. The minimum atomic E-state index is -3.64. The second kappa shape index (κ2) is 8.41. The summed E-state index contributed by atoms with van der Waals surface area (Å²) >= 11 is 0. The molecular weight excluding hydrogens is 424 g/mol. The molecule has 1 unspecified atom stereocenters. The third kappa shape index (κ3) is 4.76. The maximum atomic E-state index is 12.7. The number of fused-ring (bicyclic) bond motifs is 1. The van der Waals surface area contributed by atoms with E-state index in [0.29, 0.717) is 11.3 Å². The van der Waals surface area contributed by atoms with Gasteiger partial charge in [0.25, 0.3) is 5.91 Å². The van der Waals surface area contributed by atoms with Crippen molar-refractivity contribution in [3.63, 3.8) is 0 Å². The number of para-hydroxylation sites is 1. The highest BCUT2D eigenvalue weighted by Crippen LogP contribution is 2.46. The maximum absolute atomic E-state index is 12.7. The van der Waals surface area contributed by atoms with E-state index in [0.717, 1.165) is 50.0 Å². The van der Waals surface area contributed by atoms with Gasteiger partial charge in [-0.1, -0.05) is 38.1 Å². The van der Waals surface area contributed by atoms with Gasteiger partial charge < -0.3 is 15.1 Å². The van der Waals surface area contributed by atoms with Crippen molar-refractivity contribution < 1.29 is 13.2 Å². The highest BCUT2D eigenvalue weighted by Gasteiger charge is 2.37. The zero-order valence-electron chi connectivity index (χ0n) is 19.2. The maximum Gasteiger partial charge on any atom is 0.266 e. The fourth-order valence-electron chi connectivity index (χ4n) is 4.76. The topological polar surface area (TPSA) is 81.8 Å². The molecule has 172 valence electrons. The third-order valence-corrected chi connectivity index (χ3v) is 7.02. The molecule has 1 amide bonds. The molecule has 1 fully saturated rings. The molecule has 0 spiro atoms. The van der Waals surface area contributed by atoms with Gasteiger partial charge in [-0.3, -0.25) is 4.79 Å². The van der Waals surface area contributed by atoms with Crippen molar-refractivity contribution >= 4 is 27.3 Å². The monoisotopic (exact) mass is 456 g/mol. The number of amides is 1. The first-order valence-electron chi connectivity index (χ1n) is 11.0. The Labute approximate surface area is 190 Å². The van der Waals surface area contributed by atoms with Crippen LogP contribution in [0.1, 0.15) is 41.4 Å². The zero-order chi connectivity index (χ0) is 23.1. The summed E-state index contributed by atoms with van der Waals surface area (Å²) in [6.07, 6.45) is 1.77. The van der Waals surface area contributed by atoms with Crippen molar-refractivity contribution in [2.45, 2.75) is 26.3 Å². The molecule has 2 aliphatic rings. The summed E-state index contributed by atoms with van der Waals surface area (Å²) in [6, 6.07) is 14.1. The summed E-state index contributed by atoms with van der Waals surface area (Å²) in [5, 5.41) is 3.59. The van der Waals surface area contributed by atoms with Crippen LogP contribution in [0.5, 0.6) is 0 Å². The molecule has 0 aliphatic carbocycles. The number of hydrogen-bond donors (Lipinski definition) is 2. The lowest BCUT2D eigenvalue weighted by Gasteiger charge is -2.42. The molecule has 32 heavy (non-hydrogen) atoms. The minimum Gasteiger partial charge on any atom is -0.377 e. The van der Waals surface area contributed by atoms with Gasteiger partial charge in [-0.25, -0.2) is 13.1 Å². The fraction of sp³-hybridized carbons (Fsp3) is 0.458. The Balaban J connectivity index is 1.67. The van der Waals surface area contributed by atoms with E-state index in [1.165, 1.54) is 5.69 Å². The Bertz CT molecular complexity index is 1120. The van der Waals surface area contributed by atoms with Crippen LogP contribution in [0.3, 0.4) is 0 Å². The van der Waals surface area contributed by atoms with E-state index >= 15 is 0 Å². The van der Waals surface area contributed by atoms with Crippen LogP contribution in [0.25, 0.3) is 0 Å². The van der Waals surface area contributed by atoms with Crippen LogP contribution < -0.4 is 14.9 Å². The molecule has 1 atom stereocenters. The van der Waals surface area contributed by atoms with Gasteiger partial charge in [0.05, 0.1) is 23.5 Å². The summed E-state index contributed by atoms with van der Waals surface area (Å²) in [4.78, 5) is 17.4. The predicted octanol–water partition coefficient (Wildman–Crippen LogP) is 2.86. The normalized spacial score (nSPS) is 20.9. The lowest BCUT2D eigenvalue weighted by Crippen LogP contribution is -2.44. The average Bonchev–Trinajstić information content (AvgIpc) is 2.71. The zero-order valence-corrected chi connectivity index (χ0v) is 20.0. The molecule has 2 aromatic rings. The number of carbonyl (C=O) groups excluding carboxylic acids is 1. The standard InChI is InChI=1S/C24H32N4O3S/c1-24(2)16-18-8-6-10-20(23(29)26-32(4,30)31)21(18)25-22(24)17-7-5-9-19(15-17)28-13-11-27(3)12-14-28/h5-10,15,22,25H,11-14,16H2,1-4H3,(H,26,29). The fourth-order valence-corrected chi connectivity index (χ4v) is 5.21. The molecule has 1 saturated heterocycles. The van der Waals surface area contributed by atoms with E-state index in [-0.39, 0.29) is 11.5 Å². The molecule has 0 radical (unpaired) electrons. The second-order valence-electron chi connectivity index (χ2n) is 9.67. The van der Waals surface area contributed by atoms with Crippen LogP contribution in [-0.2, 0) is 16.4 Å². The SMILES string of the molecule is CN1CCN(c2cccc(C3Nc4c(cccc4C(=O)NS(C)(=O)=O)CC3(C)C)c2)CC1. The van der Waals surface area contributed by atoms with Crippen molar-refractivity contribution in [3.8, 4) is 0 Å². The number of nitrogens with one attached hydrogen (secondary N) is 2. The number of sulfonamides is 1. The summed E-state index contributed by atoms with van der Waals surface area (Å²) in [7, 11) is -1.49. The highest BCUT2D eigenvalue weighted by molar-refractivity contribution is 7.89. The second-order valence-corrected chi connectivity index (χ2v) is 11.4. The van der Waals surface area contributed by atoms with Crippen molar-refractivity contribution in [2.24, 2.45) is 5.41 Å². The van der Waals surface area contributed by atoms with Gasteiger partial charge in [0.2, 0.25) is 10.0 Å². The Kier molecular flexibility index (Phi) is 5.94. The molecule has 2 heterocycles. The Morgan fingerprint density at radius 3 is 2.47 bits per heavy atom. The van der Waals surface area contributed by atoms with Crippen molar-refractivity contribution in [3.05, 3.63) is 59.2 Å². The van der Waals surface area contributed by atoms with E-state index < -0.39 is 15.9 Å². The number of nitrogens with zero attached hydrogens (tertiary/aromatic N) is 2. The van der Waals surface area contributed by atoms with Gasteiger partial charge in [0.1, 0.15) is 0 Å². The summed E-state index contributed by atoms with van der Waals surface area (Å²) in [5.41, 5.74) is 4.35. The molecular formula is C24H32N4O3S. The summed E-state index contributed by atoms with van der Waals surface area (Å²) in [6.45, 7) is 8.53. The van der Waals surface area contributed by atoms with Crippen molar-refractivity contribution in [2.75, 3.05) is 49.7 Å². The van der Waals surface area contributed by atoms with Gasteiger partial charge in [-0.2, -0.15) is 0 Å². The van der Waals surface area contributed by atoms with Crippen molar-refractivity contribution in [1.29, 1.82) is 0 Å².